The monoisotopic (exact) mass is 291 g/mol. The maximum Gasteiger partial charge on any atom is 0.173 e. The molecule has 0 saturated heterocycles. The third-order valence-corrected chi connectivity index (χ3v) is 4.24. The van der Waals surface area contributed by atoms with Crippen LogP contribution < -0.4 is 10.5 Å². The third kappa shape index (κ3) is 3.88. The molecule has 21 heavy (non-hydrogen) atoms. The van der Waals surface area contributed by atoms with Crippen LogP contribution in [0.3, 0.4) is 0 Å². The Morgan fingerprint density at radius 3 is 2.76 bits per heavy atom. The van der Waals surface area contributed by atoms with E-state index in [1.165, 1.54) is 31.4 Å². The number of methoxy groups -OCH3 is 1. The lowest BCUT2D eigenvalue weighted by atomic mass is 9.85. The van der Waals surface area contributed by atoms with Gasteiger partial charge in [-0.3, -0.25) is 4.90 Å². The van der Waals surface area contributed by atoms with Crippen LogP contribution in [0.1, 0.15) is 37.3 Å². The van der Waals surface area contributed by atoms with Crippen molar-refractivity contribution in [1.82, 2.24) is 4.90 Å². The minimum absolute atomic E-state index is 0.0696. The van der Waals surface area contributed by atoms with E-state index in [4.69, 9.17) is 15.7 Å². The molecule has 0 aliphatic heterocycles. The molecular formula is C16H25N3O2. The summed E-state index contributed by atoms with van der Waals surface area (Å²) in [6, 6.07) is 5.83. The largest absolute Gasteiger partial charge is 0.496 e. The van der Waals surface area contributed by atoms with Crippen LogP contribution in [0.4, 0.5) is 0 Å². The number of oxime groups is 1. The summed E-state index contributed by atoms with van der Waals surface area (Å²) < 4.78 is 5.35. The molecule has 5 heteroatoms. The van der Waals surface area contributed by atoms with E-state index in [9.17, 15) is 0 Å². The van der Waals surface area contributed by atoms with E-state index < -0.39 is 0 Å². The molecule has 0 radical (unpaired) electrons. The van der Waals surface area contributed by atoms with Crippen LogP contribution in [0.5, 0.6) is 5.75 Å². The Balaban J connectivity index is 2.08. The molecule has 1 aromatic carbocycles. The van der Waals surface area contributed by atoms with Gasteiger partial charge in [-0.05, 0) is 43.0 Å². The molecule has 1 saturated carbocycles. The second kappa shape index (κ2) is 7.31. The fraction of sp³-hybridized carbons (Fsp3) is 0.562. The summed E-state index contributed by atoms with van der Waals surface area (Å²) in [4.78, 5) is 2.46. The van der Waals surface area contributed by atoms with Gasteiger partial charge in [-0.15, -0.1) is 0 Å². The highest BCUT2D eigenvalue weighted by molar-refractivity contribution is 5.99. The molecule has 1 aromatic rings. The zero-order valence-electron chi connectivity index (χ0n) is 12.9. The first-order valence-corrected chi connectivity index (χ1v) is 7.55. The van der Waals surface area contributed by atoms with Gasteiger partial charge in [0.2, 0.25) is 0 Å². The van der Waals surface area contributed by atoms with Crippen molar-refractivity contribution >= 4 is 5.84 Å². The molecule has 0 heterocycles. The number of ether oxygens (including phenoxy) is 1. The first-order valence-electron chi connectivity index (χ1n) is 7.55. The van der Waals surface area contributed by atoms with E-state index in [-0.39, 0.29) is 5.84 Å². The number of nitrogens with two attached hydrogens (primary N) is 1. The van der Waals surface area contributed by atoms with Crippen LogP contribution in [0.15, 0.2) is 23.4 Å². The van der Waals surface area contributed by atoms with Crippen molar-refractivity contribution in [2.75, 3.05) is 20.2 Å². The van der Waals surface area contributed by atoms with E-state index in [1.54, 1.807) is 7.11 Å². The summed E-state index contributed by atoms with van der Waals surface area (Å²) in [5.41, 5.74) is 7.45. The van der Waals surface area contributed by atoms with Crippen LogP contribution in [-0.4, -0.2) is 36.1 Å². The minimum Gasteiger partial charge on any atom is -0.496 e. The summed E-state index contributed by atoms with van der Waals surface area (Å²) in [7, 11) is 1.60. The quantitative estimate of drug-likeness (QED) is 0.350. The van der Waals surface area contributed by atoms with Gasteiger partial charge in [0.1, 0.15) is 5.75 Å². The van der Waals surface area contributed by atoms with Gasteiger partial charge in [0, 0.05) is 13.1 Å². The highest BCUT2D eigenvalue weighted by atomic mass is 16.5. The molecule has 116 valence electrons. The molecule has 1 fully saturated rings. The van der Waals surface area contributed by atoms with Crippen molar-refractivity contribution in [2.24, 2.45) is 16.8 Å². The lowest BCUT2D eigenvalue weighted by Gasteiger charge is -2.31. The molecule has 3 N–H and O–H groups in total. The van der Waals surface area contributed by atoms with Gasteiger partial charge in [-0.25, -0.2) is 0 Å². The lowest BCUT2D eigenvalue weighted by Crippen LogP contribution is -2.32. The Bertz CT molecular complexity index is 498. The van der Waals surface area contributed by atoms with Crippen molar-refractivity contribution in [3.05, 3.63) is 29.3 Å². The molecule has 5 nitrogen and oxygen atoms in total. The second-order valence-electron chi connectivity index (χ2n) is 5.64. The van der Waals surface area contributed by atoms with Crippen LogP contribution >= 0.6 is 0 Å². The first-order chi connectivity index (χ1) is 10.2. The van der Waals surface area contributed by atoms with Crippen molar-refractivity contribution in [1.29, 1.82) is 0 Å². The van der Waals surface area contributed by atoms with E-state index in [0.717, 1.165) is 19.0 Å². The van der Waals surface area contributed by atoms with Gasteiger partial charge >= 0.3 is 0 Å². The minimum atomic E-state index is 0.0696. The Morgan fingerprint density at radius 1 is 1.48 bits per heavy atom. The predicted molar refractivity (Wildman–Crippen MR) is 83.8 cm³/mol. The first kappa shape index (κ1) is 15.6. The molecule has 0 aromatic heterocycles. The van der Waals surface area contributed by atoms with Crippen molar-refractivity contribution in [3.8, 4) is 5.75 Å². The van der Waals surface area contributed by atoms with Crippen LogP contribution in [-0.2, 0) is 6.54 Å². The van der Waals surface area contributed by atoms with Gasteiger partial charge in [0.15, 0.2) is 5.84 Å². The second-order valence-corrected chi connectivity index (χ2v) is 5.64. The summed E-state index contributed by atoms with van der Waals surface area (Å²) in [5.74, 6) is 1.57. The van der Waals surface area contributed by atoms with E-state index >= 15 is 0 Å². The molecule has 1 aliphatic carbocycles. The van der Waals surface area contributed by atoms with Crippen LogP contribution in [0.25, 0.3) is 0 Å². The van der Waals surface area contributed by atoms with E-state index in [2.05, 4.69) is 17.0 Å². The standard InChI is InChI=1S/C16H25N3O2/c1-3-19(10-12-5-4-6-12)11-13-7-8-14(16(17)18-20)15(9-13)21-2/h7-9,12,20H,3-6,10-11H2,1-2H3,(H2,17,18). The topological polar surface area (TPSA) is 71.1 Å². The van der Waals surface area contributed by atoms with Crippen LogP contribution in [0, 0.1) is 5.92 Å². The van der Waals surface area contributed by atoms with E-state index in [1.807, 2.05) is 18.2 Å². The SMILES string of the molecule is CCN(Cc1ccc(/C(N)=N/O)c(OC)c1)CC1CCC1. The summed E-state index contributed by atoms with van der Waals surface area (Å²) in [6.07, 6.45) is 4.11. The predicted octanol–water partition coefficient (Wildman–Crippen LogP) is 2.41. The molecular weight excluding hydrogens is 266 g/mol. The summed E-state index contributed by atoms with van der Waals surface area (Å²) in [6.45, 7) is 5.31. The molecule has 0 unspecified atom stereocenters. The summed E-state index contributed by atoms with van der Waals surface area (Å²) in [5, 5.41) is 11.8. The van der Waals surface area contributed by atoms with Gasteiger partial charge in [0.25, 0.3) is 0 Å². The molecule has 2 rings (SSSR count). The number of rotatable bonds is 7. The fourth-order valence-corrected chi connectivity index (χ4v) is 2.70. The molecule has 0 spiro atoms. The van der Waals surface area contributed by atoms with Gasteiger partial charge in [0.05, 0.1) is 12.7 Å². The van der Waals surface area contributed by atoms with Crippen molar-refractivity contribution in [3.63, 3.8) is 0 Å². The molecule has 0 bridgehead atoms. The van der Waals surface area contributed by atoms with Crippen molar-refractivity contribution in [2.45, 2.75) is 32.7 Å². The fourth-order valence-electron chi connectivity index (χ4n) is 2.70. The molecule has 1 aliphatic rings. The maximum absolute atomic E-state index is 8.79. The van der Waals surface area contributed by atoms with Crippen LogP contribution in [0.2, 0.25) is 0 Å². The van der Waals surface area contributed by atoms with Gasteiger partial charge < -0.3 is 15.7 Å². The smallest absolute Gasteiger partial charge is 0.173 e. The average molecular weight is 291 g/mol. The zero-order valence-corrected chi connectivity index (χ0v) is 12.9. The highest BCUT2D eigenvalue weighted by Crippen LogP contribution is 2.28. The van der Waals surface area contributed by atoms with E-state index in [0.29, 0.717) is 11.3 Å². The Labute approximate surface area is 126 Å². The van der Waals surface area contributed by atoms with Gasteiger partial charge in [-0.1, -0.05) is 24.6 Å². The average Bonchev–Trinajstić information content (AvgIpc) is 2.48. The van der Waals surface area contributed by atoms with Crippen molar-refractivity contribution < 1.29 is 9.94 Å². The highest BCUT2D eigenvalue weighted by Gasteiger charge is 2.20. The zero-order chi connectivity index (χ0) is 15.2. The Hall–Kier alpha value is -1.75. The number of amidine groups is 1. The maximum atomic E-state index is 8.79. The third-order valence-electron chi connectivity index (χ3n) is 4.24. The normalized spacial score (nSPS) is 16.0. The number of hydrogen-bond acceptors (Lipinski definition) is 4. The molecule has 0 atom stereocenters. The Morgan fingerprint density at radius 2 is 2.24 bits per heavy atom. The van der Waals surface area contributed by atoms with Gasteiger partial charge in [-0.2, -0.15) is 0 Å². The number of nitrogens with zero attached hydrogens (tertiary/aromatic N) is 2. The number of hydrogen-bond donors (Lipinski definition) is 2. The Kier molecular flexibility index (Phi) is 5.44. The lowest BCUT2D eigenvalue weighted by molar-refractivity contribution is 0.178. The summed E-state index contributed by atoms with van der Waals surface area (Å²) >= 11 is 0. The number of benzene rings is 1. The molecule has 0 amide bonds.